The van der Waals surface area contributed by atoms with Crippen molar-refractivity contribution in [1.82, 2.24) is 15.0 Å². The number of rotatable bonds is 2. The Balaban J connectivity index is 2.11. The molecule has 1 heterocycles. The number of hydrogen-bond acceptors (Lipinski definition) is 4. The lowest BCUT2D eigenvalue weighted by atomic mass is 9.83. The second-order valence-corrected chi connectivity index (χ2v) is 4.23. The fourth-order valence-corrected chi connectivity index (χ4v) is 2.19. The lowest BCUT2D eigenvalue weighted by Gasteiger charge is -2.25. The topological polar surface area (TPSA) is 73.8 Å². The number of ketones is 1. The zero-order valence-electron chi connectivity index (χ0n) is 8.89. The van der Waals surface area contributed by atoms with Crippen molar-refractivity contribution in [1.29, 1.82) is 0 Å². The Morgan fingerprint density at radius 1 is 1.60 bits per heavy atom. The molecule has 1 aromatic heterocycles. The van der Waals surface area contributed by atoms with Gasteiger partial charge in [-0.3, -0.25) is 4.79 Å². The standard InChI is InChI=1S/C10H16N4O/c1-14-9(6-12-13-14)10(15)7-3-2-4-8(11)5-7/h6-8H,2-5,11H2,1H3. The first-order valence-electron chi connectivity index (χ1n) is 5.33. The molecule has 0 saturated heterocycles. The van der Waals surface area contributed by atoms with E-state index in [1.165, 1.54) is 10.9 Å². The van der Waals surface area contributed by atoms with E-state index in [1.807, 2.05) is 0 Å². The third kappa shape index (κ3) is 2.07. The zero-order chi connectivity index (χ0) is 10.8. The summed E-state index contributed by atoms with van der Waals surface area (Å²) in [6.45, 7) is 0. The van der Waals surface area contributed by atoms with Crippen LogP contribution in [-0.4, -0.2) is 26.8 Å². The van der Waals surface area contributed by atoms with Gasteiger partial charge in [-0.1, -0.05) is 11.6 Å². The average Bonchev–Trinajstić information content (AvgIpc) is 2.63. The average molecular weight is 208 g/mol. The molecule has 1 aliphatic carbocycles. The van der Waals surface area contributed by atoms with E-state index in [2.05, 4.69) is 10.3 Å². The van der Waals surface area contributed by atoms with E-state index in [0.29, 0.717) is 5.69 Å². The molecule has 1 aliphatic rings. The highest BCUT2D eigenvalue weighted by atomic mass is 16.1. The van der Waals surface area contributed by atoms with Crippen LogP contribution in [0.2, 0.25) is 0 Å². The van der Waals surface area contributed by atoms with Gasteiger partial charge in [0, 0.05) is 19.0 Å². The van der Waals surface area contributed by atoms with Crippen LogP contribution in [0.4, 0.5) is 0 Å². The van der Waals surface area contributed by atoms with E-state index in [4.69, 9.17) is 5.73 Å². The van der Waals surface area contributed by atoms with Crippen LogP contribution in [0.5, 0.6) is 0 Å². The van der Waals surface area contributed by atoms with Crippen LogP contribution in [0, 0.1) is 5.92 Å². The second kappa shape index (κ2) is 4.10. The van der Waals surface area contributed by atoms with Gasteiger partial charge in [-0.2, -0.15) is 0 Å². The molecule has 2 atom stereocenters. The normalized spacial score (nSPS) is 26.5. The first kappa shape index (κ1) is 10.3. The van der Waals surface area contributed by atoms with Crippen LogP contribution < -0.4 is 5.73 Å². The van der Waals surface area contributed by atoms with Crippen LogP contribution in [0.25, 0.3) is 0 Å². The van der Waals surface area contributed by atoms with Gasteiger partial charge in [-0.05, 0) is 19.3 Å². The van der Waals surface area contributed by atoms with Crippen molar-refractivity contribution >= 4 is 5.78 Å². The smallest absolute Gasteiger partial charge is 0.185 e. The van der Waals surface area contributed by atoms with Crippen LogP contribution >= 0.6 is 0 Å². The van der Waals surface area contributed by atoms with Crippen LogP contribution in [-0.2, 0) is 7.05 Å². The molecule has 2 unspecified atom stereocenters. The molecule has 0 aromatic carbocycles. The van der Waals surface area contributed by atoms with Gasteiger partial charge in [-0.25, -0.2) is 4.68 Å². The van der Waals surface area contributed by atoms with Gasteiger partial charge in [0.15, 0.2) is 5.78 Å². The summed E-state index contributed by atoms with van der Waals surface area (Å²) in [4.78, 5) is 12.1. The van der Waals surface area contributed by atoms with E-state index in [0.717, 1.165) is 25.7 Å². The molecule has 0 bridgehead atoms. The van der Waals surface area contributed by atoms with Crippen molar-refractivity contribution < 1.29 is 4.79 Å². The number of aryl methyl sites for hydroxylation is 1. The van der Waals surface area contributed by atoms with Gasteiger partial charge in [0.2, 0.25) is 0 Å². The Kier molecular flexibility index (Phi) is 2.81. The van der Waals surface area contributed by atoms with Crippen molar-refractivity contribution in [3.8, 4) is 0 Å². The number of carbonyl (C=O) groups is 1. The van der Waals surface area contributed by atoms with Crippen LogP contribution in [0.3, 0.4) is 0 Å². The van der Waals surface area contributed by atoms with Gasteiger partial charge in [-0.15, -0.1) is 5.10 Å². The molecule has 15 heavy (non-hydrogen) atoms. The summed E-state index contributed by atoms with van der Waals surface area (Å²) in [5.41, 5.74) is 6.46. The van der Waals surface area contributed by atoms with Crippen LogP contribution in [0.1, 0.15) is 36.2 Å². The molecule has 5 heteroatoms. The molecule has 82 valence electrons. The Bertz CT molecular complexity index is 360. The molecule has 5 nitrogen and oxygen atoms in total. The highest BCUT2D eigenvalue weighted by Crippen LogP contribution is 2.25. The number of carbonyl (C=O) groups excluding carboxylic acids is 1. The number of aromatic nitrogens is 3. The quantitative estimate of drug-likeness (QED) is 0.719. The van der Waals surface area contributed by atoms with Crippen LogP contribution in [0.15, 0.2) is 6.20 Å². The Morgan fingerprint density at radius 3 is 3.00 bits per heavy atom. The van der Waals surface area contributed by atoms with Crippen molar-refractivity contribution in [2.75, 3.05) is 0 Å². The molecule has 0 radical (unpaired) electrons. The third-order valence-corrected chi connectivity index (χ3v) is 3.05. The lowest BCUT2D eigenvalue weighted by Crippen LogP contribution is -2.32. The predicted molar refractivity (Wildman–Crippen MR) is 55.3 cm³/mol. The molecule has 0 amide bonds. The largest absolute Gasteiger partial charge is 0.328 e. The summed E-state index contributed by atoms with van der Waals surface area (Å²) in [5, 5.41) is 7.48. The maximum atomic E-state index is 12.1. The summed E-state index contributed by atoms with van der Waals surface area (Å²) in [7, 11) is 1.74. The minimum Gasteiger partial charge on any atom is -0.328 e. The van der Waals surface area contributed by atoms with Gasteiger partial charge in [0.1, 0.15) is 5.69 Å². The van der Waals surface area contributed by atoms with E-state index >= 15 is 0 Å². The summed E-state index contributed by atoms with van der Waals surface area (Å²) >= 11 is 0. The van der Waals surface area contributed by atoms with Crippen molar-refractivity contribution in [2.24, 2.45) is 18.7 Å². The van der Waals surface area contributed by atoms with Gasteiger partial charge < -0.3 is 5.73 Å². The summed E-state index contributed by atoms with van der Waals surface area (Å²) in [5.74, 6) is 0.198. The van der Waals surface area contributed by atoms with Crippen molar-refractivity contribution in [3.05, 3.63) is 11.9 Å². The number of nitrogens with two attached hydrogens (primary N) is 1. The molecule has 0 aliphatic heterocycles. The first-order valence-corrected chi connectivity index (χ1v) is 5.33. The number of hydrogen-bond donors (Lipinski definition) is 1. The first-order chi connectivity index (χ1) is 7.18. The molecular formula is C10H16N4O. The SMILES string of the molecule is Cn1nncc1C(=O)C1CCCC(N)C1. The molecule has 1 aromatic rings. The summed E-state index contributed by atoms with van der Waals surface area (Å²) < 4.78 is 1.53. The van der Waals surface area contributed by atoms with Gasteiger partial charge >= 0.3 is 0 Å². The van der Waals surface area contributed by atoms with E-state index in [1.54, 1.807) is 7.05 Å². The number of nitrogens with zero attached hydrogens (tertiary/aromatic N) is 3. The van der Waals surface area contributed by atoms with Crippen molar-refractivity contribution in [2.45, 2.75) is 31.7 Å². The fourth-order valence-electron chi connectivity index (χ4n) is 2.19. The van der Waals surface area contributed by atoms with Gasteiger partial charge in [0.25, 0.3) is 0 Å². The van der Waals surface area contributed by atoms with E-state index in [-0.39, 0.29) is 17.7 Å². The molecule has 0 spiro atoms. The van der Waals surface area contributed by atoms with Crippen molar-refractivity contribution in [3.63, 3.8) is 0 Å². The third-order valence-electron chi connectivity index (χ3n) is 3.05. The highest BCUT2D eigenvalue weighted by Gasteiger charge is 2.27. The zero-order valence-corrected chi connectivity index (χ0v) is 8.89. The maximum absolute atomic E-state index is 12.1. The lowest BCUT2D eigenvalue weighted by molar-refractivity contribution is 0.0871. The minimum absolute atomic E-state index is 0.0611. The summed E-state index contributed by atoms with van der Waals surface area (Å²) in [6, 6.07) is 0.175. The molecule has 1 fully saturated rings. The Morgan fingerprint density at radius 2 is 2.40 bits per heavy atom. The predicted octanol–water partition coefficient (Wildman–Crippen LogP) is 0.515. The fraction of sp³-hybridized carbons (Fsp3) is 0.700. The monoisotopic (exact) mass is 208 g/mol. The highest BCUT2D eigenvalue weighted by molar-refractivity contribution is 5.96. The second-order valence-electron chi connectivity index (χ2n) is 4.23. The maximum Gasteiger partial charge on any atom is 0.185 e. The summed E-state index contributed by atoms with van der Waals surface area (Å²) in [6.07, 6.45) is 5.35. The molecule has 2 N–H and O–H groups in total. The Labute approximate surface area is 88.6 Å². The molecule has 1 saturated carbocycles. The molecular weight excluding hydrogens is 192 g/mol. The van der Waals surface area contributed by atoms with E-state index < -0.39 is 0 Å². The minimum atomic E-state index is 0.0611. The molecule has 2 rings (SSSR count). The van der Waals surface area contributed by atoms with Gasteiger partial charge in [0.05, 0.1) is 6.20 Å². The Hall–Kier alpha value is -1.23. The van der Waals surface area contributed by atoms with E-state index in [9.17, 15) is 4.79 Å². The number of Topliss-reactive ketones (excluding diaryl/α,β-unsaturated/α-hetero) is 1.